The summed E-state index contributed by atoms with van der Waals surface area (Å²) in [6, 6.07) is 8.95. The Kier molecular flexibility index (Phi) is 3.48. The molecule has 3 rings (SSSR count). The van der Waals surface area contributed by atoms with Crippen LogP contribution in [0.25, 0.3) is 11.0 Å². The smallest absolute Gasteiger partial charge is 0.417 e. The molecule has 3 aromatic rings. The summed E-state index contributed by atoms with van der Waals surface area (Å²) in [6.07, 6.45) is 1.07. The molecular weight excluding hydrogens is 284 g/mol. The second-order valence-electron chi connectivity index (χ2n) is 4.85. The molecule has 0 spiro atoms. The highest BCUT2D eigenvalue weighted by Gasteiger charge is 2.12. The first-order chi connectivity index (χ1) is 10.6. The average Bonchev–Trinajstić information content (AvgIpc) is 2.93. The zero-order valence-corrected chi connectivity index (χ0v) is 11.8. The molecule has 7 nitrogen and oxygen atoms in total. The summed E-state index contributed by atoms with van der Waals surface area (Å²) in [7, 11) is 0. The first kappa shape index (κ1) is 14.0. The Morgan fingerprint density at radius 1 is 1.32 bits per heavy atom. The summed E-state index contributed by atoms with van der Waals surface area (Å²) in [6.45, 7) is 1.69. The van der Waals surface area contributed by atoms with E-state index >= 15 is 0 Å². The van der Waals surface area contributed by atoms with Crippen LogP contribution in [0.2, 0.25) is 0 Å². The molecule has 1 aromatic carbocycles. The zero-order chi connectivity index (χ0) is 15.7. The van der Waals surface area contributed by atoms with Crippen molar-refractivity contribution in [3.05, 3.63) is 48.4 Å². The summed E-state index contributed by atoms with van der Waals surface area (Å²) < 4.78 is 1.04. The maximum atomic E-state index is 11.1. The van der Waals surface area contributed by atoms with Gasteiger partial charge >= 0.3 is 6.09 Å². The Hall–Kier alpha value is -2.93. The van der Waals surface area contributed by atoms with Crippen molar-refractivity contribution in [2.24, 2.45) is 0 Å². The highest BCUT2D eigenvalue weighted by atomic mass is 16.4. The number of nitrogens with zero attached hydrogens (tertiary/aromatic N) is 3. The molecule has 2 aromatic heterocycles. The zero-order valence-electron chi connectivity index (χ0n) is 11.8. The molecule has 3 N–H and O–H groups in total. The van der Waals surface area contributed by atoms with Gasteiger partial charge in [-0.2, -0.15) is 0 Å². The minimum atomic E-state index is -1.10. The highest BCUT2D eigenvalue weighted by molar-refractivity contribution is 5.93. The quantitative estimate of drug-likeness (QED) is 0.687. The minimum absolute atomic E-state index is 0.316. The van der Waals surface area contributed by atoms with Crippen LogP contribution in [-0.2, 0) is 0 Å². The van der Waals surface area contributed by atoms with E-state index in [2.05, 4.69) is 15.3 Å². The van der Waals surface area contributed by atoms with Gasteiger partial charge < -0.3 is 15.5 Å². The van der Waals surface area contributed by atoms with Crippen LogP contribution in [0.15, 0.2) is 42.9 Å². The Morgan fingerprint density at radius 2 is 2.14 bits per heavy atom. The highest BCUT2D eigenvalue weighted by Crippen LogP contribution is 2.25. The van der Waals surface area contributed by atoms with Gasteiger partial charge in [0.25, 0.3) is 0 Å². The van der Waals surface area contributed by atoms with E-state index in [0.717, 1.165) is 15.8 Å². The van der Waals surface area contributed by atoms with E-state index in [-0.39, 0.29) is 0 Å². The Bertz CT molecular complexity index is 842. The van der Waals surface area contributed by atoms with Gasteiger partial charge in [0, 0.05) is 11.9 Å². The molecule has 1 atom stereocenters. The van der Waals surface area contributed by atoms with Gasteiger partial charge in [-0.3, -0.25) is 0 Å². The van der Waals surface area contributed by atoms with Gasteiger partial charge in [-0.25, -0.2) is 19.3 Å². The number of anilines is 2. The number of aliphatic hydroxyl groups is 1. The van der Waals surface area contributed by atoms with Crippen LogP contribution < -0.4 is 5.32 Å². The van der Waals surface area contributed by atoms with E-state index in [4.69, 9.17) is 5.11 Å². The average molecular weight is 298 g/mol. The summed E-state index contributed by atoms with van der Waals surface area (Å²) in [5.74, 6) is 0.507. The number of benzene rings is 1. The number of aliphatic hydroxyl groups excluding tert-OH is 1. The molecule has 22 heavy (non-hydrogen) atoms. The van der Waals surface area contributed by atoms with Crippen LogP contribution >= 0.6 is 0 Å². The first-order valence-electron chi connectivity index (χ1n) is 6.66. The summed E-state index contributed by atoms with van der Waals surface area (Å²) in [4.78, 5) is 19.3. The van der Waals surface area contributed by atoms with Crippen LogP contribution in [0.1, 0.15) is 18.6 Å². The number of hydrogen-bond donors (Lipinski definition) is 3. The number of nitrogens with one attached hydrogen (secondary N) is 1. The summed E-state index contributed by atoms with van der Waals surface area (Å²) >= 11 is 0. The lowest BCUT2D eigenvalue weighted by molar-refractivity contribution is 0.197. The molecule has 2 heterocycles. The fourth-order valence-corrected chi connectivity index (χ4v) is 2.22. The number of carboxylic acid groups (broad SMARTS) is 1. The van der Waals surface area contributed by atoms with E-state index in [9.17, 15) is 9.90 Å². The predicted molar refractivity (Wildman–Crippen MR) is 81.3 cm³/mol. The number of aromatic nitrogens is 3. The normalized spacial score (nSPS) is 12.3. The van der Waals surface area contributed by atoms with Gasteiger partial charge in [-0.15, -0.1) is 0 Å². The maximum absolute atomic E-state index is 11.1. The van der Waals surface area contributed by atoms with Gasteiger partial charge in [0.05, 0.1) is 11.5 Å². The van der Waals surface area contributed by atoms with Crippen molar-refractivity contribution >= 4 is 28.6 Å². The van der Waals surface area contributed by atoms with Crippen molar-refractivity contribution in [2.45, 2.75) is 13.0 Å². The molecule has 1 unspecified atom stereocenters. The van der Waals surface area contributed by atoms with Gasteiger partial charge in [0.1, 0.15) is 12.1 Å². The van der Waals surface area contributed by atoms with E-state index in [0.29, 0.717) is 16.9 Å². The number of hydrogen-bond acceptors (Lipinski definition) is 5. The molecule has 0 fully saturated rings. The Labute approximate surface area is 125 Å². The van der Waals surface area contributed by atoms with Crippen LogP contribution in [0.3, 0.4) is 0 Å². The Balaban J connectivity index is 2.01. The molecule has 0 aliphatic heterocycles. The lowest BCUT2D eigenvalue weighted by atomic mass is 10.1. The van der Waals surface area contributed by atoms with Crippen molar-refractivity contribution in [1.82, 2.24) is 14.5 Å². The third-order valence-corrected chi connectivity index (χ3v) is 3.32. The molecule has 0 saturated carbocycles. The van der Waals surface area contributed by atoms with Crippen LogP contribution in [-0.4, -0.2) is 30.8 Å². The van der Waals surface area contributed by atoms with Gasteiger partial charge in [0.15, 0.2) is 5.65 Å². The van der Waals surface area contributed by atoms with Crippen LogP contribution in [0, 0.1) is 0 Å². The molecule has 0 radical (unpaired) electrons. The molecule has 7 heteroatoms. The molecular formula is C15H14N4O3. The molecule has 0 saturated heterocycles. The second kappa shape index (κ2) is 5.45. The second-order valence-corrected chi connectivity index (χ2v) is 4.85. The van der Waals surface area contributed by atoms with Crippen LogP contribution in [0.5, 0.6) is 0 Å². The van der Waals surface area contributed by atoms with Crippen molar-refractivity contribution in [2.75, 3.05) is 5.32 Å². The standard InChI is InChI=1S/C15H14N4O3/c1-9(20)10-3-2-4-11(7-10)18-13-12-5-6-19(15(21)22)14(12)17-8-16-13/h2-9,20H,1H3,(H,21,22)(H,16,17,18). The van der Waals surface area contributed by atoms with E-state index in [1.165, 1.54) is 12.5 Å². The molecule has 0 aliphatic carbocycles. The predicted octanol–water partition coefficient (Wildman–Crippen LogP) is 2.75. The van der Waals surface area contributed by atoms with Crippen molar-refractivity contribution in [1.29, 1.82) is 0 Å². The topological polar surface area (TPSA) is 100 Å². The fraction of sp³-hybridized carbons (Fsp3) is 0.133. The van der Waals surface area contributed by atoms with Crippen LogP contribution in [0.4, 0.5) is 16.3 Å². The largest absolute Gasteiger partial charge is 0.464 e. The van der Waals surface area contributed by atoms with E-state index in [1.54, 1.807) is 13.0 Å². The van der Waals surface area contributed by atoms with Gasteiger partial charge in [0.2, 0.25) is 0 Å². The minimum Gasteiger partial charge on any atom is -0.464 e. The van der Waals surface area contributed by atoms with E-state index in [1.807, 2.05) is 24.3 Å². The third-order valence-electron chi connectivity index (χ3n) is 3.32. The molecule has 0 bridgehead atoms. The van der Waals surface area contributed by atoms with E-state index < -0.39 is 12.2 Å². The van der Waals surface area contributed by atoms with Gasteiger partial charge in [-0.1, -0.05) is 12.1 Å². The molecule has 0 amide bonds. The SMILES string of the molecule is CC(O)c1cccc(Nc2ncnc3c2ccn3C(=O)O)c1. The van der Waals surface area contributed by atoms with Gasteiger partial charge in [-0.05, 0) is 30.7 Å². The fourth-order valence-electron chi connectivity index (χ4n) is 2.22. The third kappa shape index (κ3) is 2.49. The van der Waals surface area contributed by atoms with Crippen molar-refractivity contribution in [3.63, 3.8) is 0 Å². The summed E-state index contributed by atoms with van der Waals surface area (Å²) in [5, 5.41) is 22.5. The lowest BCUT2D eigenvalue weighted by Gasteiger charge is -2.10. The molecule has 0 aliphatic rings. The number of carbonyl (C=O) groups is 1. The number of rotatable bonds is 3. The van der Waals surface area contributed by atoms with Crippen molar-refractivity contribution < 1.29 is 15.0 Å². The lowest BCUT2D eigenvalue weighted by Crippen LogP contribution is -2.07. The number of fused-ring (bicyclic) bond motifs is 1. The summed E-state index contributed by atoms with van der Waals surface area (Å²) in [5.41, 5.74) is 1.84. The first-order valence-corrected chi connectivity index (χ1v) is 6.66. The van der Waals surface area contributed by atoms with Crippen molar-refractivity contribution in [3.8, 4) is 0 Å². The monoisotopic (exact) mass is 298 g/mol. The Morgan fingerprint density at radius 3 is 2.86 bits per heavy atom. The molecule has 112 valence electrons. The maximum Gasteiger partial charge on any atom is 0.417 e.